The molecule has 3 aliphatic heterocycles. The van der Waals surface area contributed by atoms with Crippen LogP contribution in [0.2, 0.25) is 0 Å². The molecule has 41 heavy (non-hydrogen) atoms. The third-order valence-corrected chi connectivity index (χ3v) is 11.4. The van der Waals surface area contributed by atoms with Gasteiger partial charge in [-0.1, -0.05) is 39.3 Å². The monoisotopic (exact) mass is 584 g/mol. The Morgan fingerprint density at radius 3 is 2.56 bits per heavy atom. The zero-order valence-electron chi connectivity index (χ0n) is 24.7. The van der Waals surface area contributed by atoms with E-state index in [4.69, 9.17) is 9.47 Å². The summed E-state index contributed by atoms with van der Waals surface area (Å²) in [5.74, 6) is -1.52. The molecule has 3 saturated heterocycles. The molecule has 3 aliphatic rings. The van der Waals surface area contributed by atoms with E-state index >= 15 is 0 Å². The number of esters is 1. The highest BCUT2D eigenvalue weighted by Crippen LogP contribution is 2.69. The summed E-state index contributed by atoms with van der Waals surface area (Å²) in [6.45, 7) is 13.9. The number of allylic oxidation sites excluding steroid dienone is 1. The molecular formula is C32H44N2O6S. The maximum Gasteiger partial charge on any atom is 0.310 e. The minimum absolute atomic E-state index is 0.00735. The van der Waals surface area contributed by atoms with Crippen molar-refractivity contribution in [2.24, 2.45) is 23.7 Å². The molecule has 3 fully saturated rings. The lowest BCUT2D eigenvalue weighted by Crippen LogP contribution is -2.60. The summed E-state index contributed by atoms with van der Waals surface area (Å²) >= 11 is 1.61. The molecule has 0 aliphatic carbocycles. The fraction of sp³-hybridized carbons (Fsp3) is 0.594. The molecule has 0 saturated carbocycles. The number of hydrogen-bond acceptors (Lipinski definition) is 7. The average molecular weight is 585 g/mol. The van der Waals surface area contributed by atoms with Crippen LogP contribution < -0.4 is 9.64 Å². The zero-order valence-corrected chi connectivity index (χ0v) is 25.5. The van der Waals surface area contributed by atoms with E-state index in [-0.39, 0.29) is 54.6 Å². The number of aliphatic hydroxyl groups is 1. The zero-order chi connectivity index (χ0) is 29.9. The van der Waals surface area contributed by atoms with Gasteiger partial charge in [-0.2, -0.15) is 0 Å². The molecule has 3 heterocycles. The molecule has 8 atom stereocenters. The van der Waals surface area contributed by atoms with Crippen LogP contribution in [0.3, 0.4) is 0 Å². The molecule has 1 spiro atoms. The minimum atomic E-state index is -0.850. The van der Waals surface area contributed by atoms with Gasteiger partial charge >= 0.3 is 5.97 Å². The van der Waals surface area contributed by atoms with Crippen molar-refractivity contribution in [1.82, 2.24) is 4.90 Å². The molecule has 1 aromatic rings. The highest BCUT2D eigenvalue weighted by molar-refractivity contribution is 8.02. The van der Waals surface area contributed by atoms with Crippen molar-refractivity contribution >= 4 is 35.2 Å². The number of anilines is 1. The smallest absolute Gasteiger partial charge is 0.310 e. The number of carbonyl (C=O) groups excluding carboxylic acids is 3. The molecule has 0 radical (unpaired) electrons. The summed E-state index contributed by atoms with van der Waals surface area (Å²) in [4.78, 5) is 46.1. The molecule has 8 nitrogen and oxygen atoms in total. The van der Waals surface area contributed by atoms with E-state index in [1.807, 2.05) is 26.0 Å². The molecule has 1 aromatic carbocycles. The van der Waals surface area contributed by atoms with E-state index in [1.165, 1.54) is 0 Å². The van der Waals surface area contributed by atoms with Crippen LogP contribution in [0, 0.1) is 23.7 Å². The Labute approximate surface area is 248 Å². The number of benzene rings is 1. The van der Waals surface area contributed by atoms with Crippen molar-refractivity contribution in [1.29, 1.82) is 0 Å². The predicted molar refractivity (Wildman–Crippen MR) is 162 cm³/mol. The molecule has 2 bridgehead atoms. The van der Waals surface area contributed by atoms with Gasteiger partial charge in [-0.15, -0.1) is 24.9 Å². The first kappa shape index (κ1) is 31.2. The summed E-state index contributed by atoms with van der Waals surface area (Å²) in [5.41, 5.74) is 0.662. The number of hydrogen-bond donors (Lipinski definition) is 1. The molecule has 1 N–H and O–H groups in total. The summed E-state index contributed by atoms with van der Waals surface area (Å²) in [6, 6.07) is 5.82. The van der Waals surface area contributed by atoms with Gasteiger partial charge in [0.15, 0.2) is 0 Å². The van der Waals surface area contributed by atoms with Gasteiger partial charge < -0.3 is 24.4 Å². The Kier molecular flexibility index (Phi) is 9.90. The Morgan fingerprint density at radius 2 is 1.98 bits per heavy atom. The second-order valence-corrected chi connectivity index (χ2v) is 13.0. The van der Waals surface area contributed by atoms with Crippen LogP contribution in [0.15, 0.2) is 49.6 Å². The second-order valence-electron chi connectivity index (χ2n) is 11.5. The number of carbonyl (C=O) groups is 3. The Balaban J connectivity index is 1.80. The van der Waals surface area contributed by atoms with Crippen LogP contribution in [0.4, 0.5) is 5.69 Å². The summed E-state index contributed by atoms with van der Waals surface area (Å²) in [7, 11) is 1.59. The normalized spacial score (nSPS) is 29.5. The summed E-state index contributed by atoms with van der Waals surface area (Å²) in [6.07, 6.45) is 6.31. The maximum absolute atomic E-state index is 14.8. The Bertz CT molecular complexity index is 1140. The first-order chi connectivity index (χ1) is 19.7. The average Bonchev–Trinajstić information content (AvgIpc) is 3.57. The number of methoxy groups -OCH3 is 1. The second kappa shape index (κ2) is 13.0. The third-order valence-electron chi connectivity index (χ3n) is 9.29. The number of ether oxygens (including phenoxy) is 2. The van der Waals surface area contributed by atoms with Crippen LogP contribution in [0.25, 0.3) is 0 Å². The third kappa shape index (κ3) is 5.31. The van der Waals surface area contributed by atoms with E-state index < -0.39 is 28.7 Å². The quantitative estimate of drug-likeness (QED) is 0.196. The van der Waals surface area contributed by atoms with Gasteiger partial charge in [0.2, 0.25) is 5.91 Å². The van der Waals surface area contributed by atoms with Gasteiger partial charge in [-0.3, -0.25) is 14.4 Å². The van der Waals surface area contributed by atoms with Crippen molar-refractivity contribution in [3.05, 3.63) is 49.6 Å². The SMILES string of the molecule is C=CCCCOC(=O)[C@@H]1[C@@H]2CC(C)C3(S2)C(C(=O)N(CC=C)c2ccc(OC)cc2)N([C@@H](CO)[C@@H](C)CC)C(=O)[C@H]13. The number of unbranched alkanes of at least 4 members (excludes halogenated alkanes) is 1. The lowest BCUT2D eigenvalue weighted by atomic mass is 9.66. The van der Waals surface area contributed by atoms with Crippen molar-refractivity contribution in [3.8, 4) is 5.75 Å². The van der Waals surface area contributed by atoms with E-state index in [9.17, 15) is 19.5 Å². The van der Waals surface area contributed by atoms with Gasteiger partial charge in [0.1, 0.15) is 11.8 Å². The van der Waals surface area contributed by atoms with Crippen LogP contribution in [-0.2, 0) is 19.1 Å². The number of rotatable bonds is 14. The van der Waals surface area contributed by atoms with E-state index in [1.54, 1.807) is 53.0 Å². The van der Waals surface area contributed by atoms with Gasteiger partial charge in [0.05, 0.1) is 42.9 Å². The highest BCUT2D eigenvalue weighted by atomic mass is 32.2. The maximum atomic E-state index is 14.8. The highest BCUT2D eigenvalue weighted by Gasteiger charge is 2.77. The Morgan fingerprint density at radius 1 is 1.27 bits per heavy atom. The van der Waals surface area contributed by atoms with Crippen LogP contribution in [0.5, 0.6) is 5.75 Å². The molecule has 224 valence electrons. The number of nitrogens with zero attached hydrogens (tertiary/aromatic N) is 2. The minimum Gasteiger partial charge on any atom is -0.497 e. The number of likely N-dealkylation sites (tertiary alicyclic amines) is 1. The van der Waals surface area contributed by atoms with Crippen molar-refractivity contribution in [3.63, 3.8) is 0 Å². The van der Waals surface area contributed by atoms with E-state index in [0.717, 1.165) is 19.3 Å². The fourth-order valence-electron chi connectivity index (χ4n) is 7.04. The van der Waals surface area contributed by atoms with Crippen molar-refractivity contribution < 1.29 is 29.0 Å². The van der Waals surface area contributed by atoms with Crippen molar-refractivity contribution in [2.45, 2.75) is 68.5 Å². The van der Waals surface area contributed by atoms with Gasteiger partial charge in [-0.05, 0) is 55.4 Å². The number of fused-ring (bicyclic) bond motifs is 1. The van der Waals surface area contributed by atoms with E-state index in [0.29, 0.717) is 17.9 Å². The molecular weight excluding hydrogens is 540 g/mol. The number of aliphatic hydroxyl groups excluding tert-OH is 1. The first-order valence-electron chi connectivity index (χ1n) is 14.7. The lowest BCUT2D eigenvalue weighted by molar-refractivity contribution is -0.155. The van der Waals surface area contributed by atoms with Crippen LogP contribution in [-0.4, -0.2) is 76.7 Å². The standard InChI is InChI=1S/C32H44N2O6S/c1-7-10-11-17-40-31(38)26-25-18-21(5)32(41-25)27(26)29(36)34(24(19-35)20(4)9-3)28(32)30(37)33(16-8-2)22-12-14-23(39-6)15-13-22/h7-8,12-15,20-21,24-28,35H,1-2,9-11,16-19H2,3-6H3/t20-,21?,24-,25-,26+,27-,28?,32?/m0/s1. The summed E-state index contributed by atoms with van der Waals surface area (Å²) in [5, 5.41) is 10.5. The number of thioether (sulfide) groups is 1. The topological polar surface area (TPSA) is 96.4 Å². The molecule has 2 amide bonds. The van der Waals surface area contributed by atoms with E-state index in [2.05, 4.69) is 20.1 Å². The van der Waals surface area contributed by atoms with Crippen molar-refractivity contribution in [2.75, 3.05) is 31.8 Å². The molecule has 9 heteroatoms. The van der Waals surface area contributed by atoms with Crippen LogP contribution >= 0.6 is 11.8 Å². The lowest BCUT2D eigenvalue weighted by Gasteiger charge is -2.43. The van der Waals surface area contributed by atoms with Gasteiger partial charge in [0.25, 0.3) is 5.91 Å². The fourth-order valence-corrected chi connectivity index (χ4v) is 9.43. The molecule has 4 rings (SSSR count). The van der Waals surface area contributed by atoms with Crippen LogP contribution in [0.1, 0.15) is 46.5 Å². The molecule has 0 aromatic heterocycles. The Hall–Kier alpha value is -2.78. The van der Waals surface area contributed by atoms with Gasteiger partial charge in [0, 0.05) is 17.5 Å². The first-order valence-corrected chi connectivity index (χ1v) is 15.5. The molecule has 3 unspecified atom stereocenters. The largest absolute Gasteiger partial charge is 0.497 e. The van der Waals surface area contributed by atoms with Gasteiger partial charge in [-0.25, -0.2) is 0 Å². The predicted octanol–water partition coefficient (Wildman–Crippen LogP) is 4.47. The summed E-state index contributed by atoms with van der Waals surface area (Å²) < 4.78 is 10.2. The number of amides is 2.